The number of ether oxygens (including phenoxy) is 1. The van der Waals surface area contributed by atoms with Gasteiger partial charge in [-0.1, -0.05) is 42.5 Å². The van der Waals surface area contributed by atoms with Crippen LogP contribution in [0.1, 0.15) is 61.5 Å². The van der Waals surface area contributed by atoms with Gasteiger partial charge < -0.3 is 15.0 Å². The van der Waals surface area contributed by atoms with Crippen LogP contribution in [0.3, 0.4) is 0 Å². The van der Waals surface area contributed by atoms with Gasteiger partial charge in [-0.15, -0.1) is 0 Å². The second-order valence-electron chi connectivity index (χ2n) is 10.7. The van der Waals surface area contributed by atoms with Crippen molar-refractivity contribution in [2.45, 2.75) is 58.6 Å². The van der Waals surface area contributed by atoms with Gasteiger partial charge in [-0.3, -0.25) is 14.9 Å². The van der Waals surface area contributed by atoms with Gasteiger partial charge in [0.15, 0.2) is 0 Å². The number of amides is 1. The summed E-state index contributed by atoms with van der Waals surface area (Å²) in [6, 6.07) is 20.2. The Kier molecular flexibility index (Phi) is 9.82. The first-order valence-electron chi connectivity index (χ1n) is 13.1. The first-order chi connectivity index (χ1) is 18.4. The maximum atomic E-state index is 12.7. The smallest absolute Gasteiger partial charge is 0.339 e. The maximum Gasteiger partial charge on any atom is 0.339 e. The summed E-state index contributed by atoms with van der Waals surface area (Å²) >= 11 is 0. The number of rotatable bonds is 11. The highest BCUT2D eigenvalue weighted by molar-refractivity contribution is 5.97. The Morgan fingerprint density at radius 1 is 0.974 bits per heavy atom. The van der Waals surface area contributed by atoms with Crippen LogP contribution in [0.15, 0.2) is 66.7 Å². The van der Waals surface area contributed by atoms with Crippen LogP contribution in [0.25, 0.3) is 11.1 Å². The quantitative estimate of drug-likeness (QED) is 0.135. The molecule has 0 atom stereocenters. The van der Waals surface area contributed by atoms with Crippen molar-refractivity contribution in [3.63, 3.8) is 0 Å². The number of nitro groups is 1. The molecule has 0 unspecified atom stereocenters. The van der Waals surface area contributed by atoms with E-state index < -0.39 is 5.60 Å². The molecule has 0 spiro atoms. The summed E-state index contributed by atoms with van der Waals surface area (Å²) in [6.45, 7) is 5.91. The molecule has 1 N–H and O–H groups in total. The Hall–Kier alpha value is -4.20. The number of esters is 1. The second kappa shape index (κ2) is 13.0. The number of carbonyl (C=O) groups excluding carboxylic acids is 2. The number of aryl methyl sites for hydroxylation is 1. The summed E-state index contributed by atoms with van der Waals surface area (Å²) in [5.74, 6) is -0.430. The van der Waals surface area contributed by atoms with E-state index in [1.54, 1.807) is 18.2 Å². The number of unbranched alkanes of at least 4 members (excludes halogenated alkanes) is 1. The Morgan fingerprint density at radius 2 is 1.67 bits per heavy atom. The van der Waals surface area contributed by atoms with Crippen LogP contribution in [-0.4, -0.2) is 36.5 Å². The van der Waals surface area contributed by atoms with Crippen molar-refractivity contribution in [1.82, 2.24) is 5.32 Å². The Labute approximate surface area is 230 Å². The molecule has 3 rings (SSSR count). The van der Waals surface area contributed by atoms with Gasteiger partial charge in [-0.25, -0.2) is 4.79 Å². The van der Waals surface area contributed by atoms with E-state index in [9.17, 15) is 19.7 Å². The average molecular weight is 532 g/mol. The standard InChI is InChI=1S/C31H37N3O5/c1-31(2,3)39-30(36)27-12-8-7-11-26(27)23-16-14-22(15-17-23)21-32-29(35)13-9-6-10-24-20-25(33(4)5)18-19-28(24)34(37)38/h7-8,11-12,14-20H,6,9-10,13,21H2,1-5H3,(H,32,35). The molecule has 0 heterocycles. The van der Waals surface area contributed by atoms with E-state index in [-0.39, 0.29) is 22.5 Å². The van der Waals surface area contributed by atoms with Crippen molar-refractivity contribution in [2.24, 2.45) is 0 Å². The van der Waals surface area contributed by atoms with Gasteiger partial charge in [0, 0.05) is 44.4 Å². The van der Waals surface area contributed by atoms with Crippen molar-refractivity contribution < 1.29 is 19.2 Å². The largest absolute Gasteiger partial charge is 0.456 e. The zero-order valence-corrected chi connectivity index (χ0v) is 23.3. The number of nitrogens with one attached hydrogen (secondary N) is 1. The molecular weight excluding hydrogens is 494 g/mol. The SMILES string of the molecule is CN(C)c1ccc([N+](=O)[O-])c(CCCCC(=O)NCc2ccc(-c3ccccc3C(=O)OC(C)(C)C)cc2)c1. The van der Waals surface area contributed by atoms with Crippen LogP contribution in [0, 0.1) is 10.1 Å². The predicted molar refractivity (Wildman–Crippen MR) is 154 cm³/mol. The van der Waals surface area contributed by atoms with Crippen LogP contribution in [0.2, 0.25) is 0 Å². The molecule has 0 radical (unpaired) electrons. The van der Waals surface area contributed by atoms with Crippen LogP contribution in [0.5, 0.6) is 0 Å². The summed E-state index contributed by atoms with van der Waals surface area (Å²) in [5, 5.41) is 14.3. The highest BCUT2D eigenvalue weighted by Crippen LogP contribution is 2.27. The number of anilines is 1. The molecule has 0 aliphatic carbocycles. The van der Waals surface area contributed by atoms with E-state index in [0.29, 0.717) is 43.4 Å². The molecule has 3 aromatic rings. The predicted octanol–water partition coefficient (Wildman–Crippen LogP) is 6.31. The highest BCUT2D eigenvalue weighted by Gasteiger charge is 2.20. The fourth-order valence-corrected chi connectivity index (χ4v) is 4.17. The van der Waals surface area contributed by atoms with Crippen molar-refractivity contribution in [3.8, 4) is 11.1 Å². The van der Waals surface area contributed by atoms with E-state index in [0.717, 1.165) is 22.4 Å². The highest BCUT2D eigenvalue weighted by atomic mass is 16.6. The molecule has 0 aliphatic heterocycles. The zero-order chi connectivity index (χ0) is 28.6. The molecule has 0 aromatic heterocycles. The average Bonchev–Trinajstić information content (AvgIpc) is 2.89. The van der Waals surface area contributed by atoms with E-state index in [2.05, 4.69) is 5.32 Å². The fraction of sp³-hybridized carbons (Fsp3) is 0.355. The van der Waals surface area contributed by atoms with E-state index >= 15 is 0 Å². The third-order valence-electron chi connectivity index (χ3n) is 6.18. The molecule has 0 saturated heterocycles. The molecule has 8 nitrogen and oxygen atoms in total. The summed E-state index contributed by atoms with van der Waals surface area (Å²) in [7, 11) is 3.79. The molecule has 39 heavy (non-hydrogen) atoms. The van der Waals surface area contributed by atoms with Gasteiger partial charge in [-0.2, -0.15) is 0 Å². The molecule has 0 saturated carbocycles. The fourth-order valence-electron chi connectivity index (χ4n) is 4.17. The topological polar surface area (TPSA) is 102 Å². The summed E-state index contributed by atoms with van der Waals surface area (Å²) in [5.41, 5.74) is 4.25. The first-order valence-corrected chi connectivity index (χ1v) is 13.1. The minimum Gasteiger partial charge on any atom is -0.456 e. The number of benzene rings is 3. The lowest BCUT2D eigenvalue weighted by atomic mass is 9.98. The molecule has 1 amide bonds. The maximum absolute atomic E-state index is 12.7. The van der Waals surface area contributed by atoms with Gasteiger partial charge in [-0.05, 0) is 74.9 Å². The van der Waals surface area contributed by atoms with Crippen molar-refractivity contribution in [3.05, 3.63) is 93.5 Å². The van der Waals surface area contributed by atoms with Crippen molar-refractivity contribution in [2.75, 3.05) is 19.0 Å². The van der Waals surface area contributed by atoms with Gasteiger partial charge >= 0.3 is 5.97 Å². The molecule has 8 heteroatoms. The van der Waals surface area contributed by atoms with Crippen molar-refractivity contribution >= 4 is 23.3 Å². The van der Waals surface area contributed by atoms with Crippen LogP contribution in [0.4, 0.5) is 11.4 Å². The molecular formula is C31H37N3O5. The molecule has 3 aromatic carbocycles. The number of nitrogens with zero attached hydrogens (tertiary/aromatic N) is 2. The lowest BCUT2D eigenvalue weighted by Gasteiger charge is -2.20. The number of nitro benzene ring substituents is 1. The van der Waals surface area contributed by atoms with Crippen LogP contribution < -0.4 is 10.2 Å². The summed E-state index contributed by atoms with van der Waals surface area (Å²) in [6.07, 6.45) is 2.20. The minimum absolute atomic E-state index is 0.0640. The second-order valence-corrected chi connectivity index (χ2v) is 10.7. The molecule has 0 fully saturated rings. The Balaban J connectivity index is 1.51. The first kappa shape index (κ1) is 29.4. The molecule has 0 aliphatic rings. The van der Waals surface area contributed by atoms with Crippen molar-refractivity contribution in [1.29, 1.82) is 0 Å². The lowest BCUT2D eigenvalue weighted by Crippen LogP contribution is -2.24. The summed E-state index contributed by atoms with van der Waals surface area (Å²) in [4.78, 5) is 38.0. The molecule has 206 valence electrons. The van der Waals surface area contributed by atoms with Crippen LogP contribution in [-0.2, 0) is 22.5 Å². The van der Waals surface area contributed by atoms with Gasteiger partial charge in [0.1, 0.15) is 5.60 Å². The lowest BCUT2D eigenvalue weighted by molar-refractivity contribution is -0.385. The minimum atomic E-state index is -0.582. The zero-order valence-electron chi connectivity index (χ0n) is 23.3. The van der Waals surface area contributed by atoms with Gasteiger partial charge in [0.25, 0.3) is 5.69 Å². The molecule has 0 bridgehead atoms. The third-order valence-corrected chi connectivity index (χ3v) is 6.18. The van der Waals surface area contributed by atoms with Crippen LogP contribution >= 0.6 is 0 Å². The normalized spacial score (nSPS) is 11.1. The van der Waals surface area contributed by atoms with E-state index in [1.807, 2.05) is 88.3 Å². The van der Waals surface area contributed by atoms with Gasteiger partial charge in [0.2, 0.25) is 5.91 Å². The monoisotopic (exact) mass is 531 g/mol. The van der Waals surface area contributed by atoms with E-state index in [4.69, 9.17) is 4.74 Å². The third kappa shape index (κ3) is 8.67. The Bertz CT molecular complexity index is 1310. The van der Waals surface area contributed by atoms with E-state index in [1.165, 1.54) is 0 Å². The summed E-state index contributed by atoms with van der Waals surface area (Å²) < 4.78 is 5.55. The number of hydrogen-bond donors (Lipinski definition) is 1. The Morgan fingerprint density at radius 3 is 2.31 bits per heavy atom. The number of carbonyl (C=O) groups is 2. The number of hydrogen-bond acceptors (Lipinski definition) is 6. The van der Waals surface area contributed by atoms with Gasteiger partial charge in [0.05, 0.1) is 10.5 Å².